The summed E-state index contributed by atoms with van der Waals surface area (Å²) < 4.78 is 0. The quantitative estimate of drug-likeness (QED) is 0.644. The first kappa shape index (κ1) is 13.8. The summed E-state index contributed by atoms with van der Waals surface area (Å²) in [6, 6.07) is 0.0569. The lowest BCUT2D eigenvalue weighted by molar-refractivity contribution is -0.931. The normalized spacial score (nSPS) is 52.7. The van der Waals surface area contributed by atoms with Gasteiger partial charge in [0.25, 0.3) is 0 Å². The third-order valence-corrected chi connectivity index (χ3v) is 6.80. The maximum absolute atomic E-state index is 13.1. The van der Waals surface area contributed by atoms with Crippen molar-refractivity contribution in [3.05, 3.63) is 11.8 Å². The van der Waals surface area contributed by atoms with Gasteiger partial charge in [0.1, 0.15) is 0 Å². The topological polar surface area (TPSA) is 64.8 Å². The molecule has 3 fully saturated rings. The lowest BCUT2D eigenvalue weighted by atomic mass is 9.52. The Morgan fingerprint density at radius 1 is 1.24 bits per heavy atom. The molecule has 2 N–H and O–H groups in total. The zero-order valence-electron chi connectivity index (χ0n) is 12.6. The van der Waals surface area contributed by atoms with E-state index >= 15 is 0 Å². The first-order chi connectivity index (χ1) is 10.1. The molecule has 0 spiro atoms. The highest BCUT2D eigenvalue weighted by Crippen LogP contribution is 2.51. The summed E-state index contributed by atoms with van der Waals surface area (Å²) in [7, 11) is 2.12. The molecule has 8 unspecified atom stereocenters. The van der Waals surface area contributed by atoms with E-state index in [0.717, 1.165) is 38.6 Å². The number of carbonyl (C=O) groups is 1. The number of rotatable bonds is 0. The second-order valence-electron chi connectivity index (χ2n) is 7.67. The van der Waals surface area contributed by atoms with E-state index in [1.807, 2.05) is 0 Å². The highest BCUT2D eigenvalue weighted by molar-refractivity contribution is 5.96. The van der Waals surface area contributed by atoms with E-state index < -0.39 is 6.10 Å². The zero-order chi connectivity index (χ0) is 14.7. The molecule has 4 rings (SSSR count). The van der Waals surface area contributed by atoms with Gasteiger partial charge in [-0.05, 0) is 30.3 Å². The van der Waals surface area contributed by atoms with Crippen molar-refractivity contribution in [3.63, 3.8) is 0 Å². The molecule has 0 aromatic rings. The van der Waals surface area contributed by atoms with E-state index in [9.17, 15) is 15.0 Å². The molecule has 4 heteroatoms. The van der Waals surface area contributed by atoms with Crippen LogP contribution >= 0.6 is 0 Å². The lowest BCUT2D eigenvalue weighted by Gasteiger charge is -2.60. The predicted molar refractivity (Wildman–Crippen MR) is 75.6 cm³/mol. The fraction of sp³-hybridized carbons (Fsp3) is 0.824. The fourth-order valence-electron chi connectivity index (χ4n) is 5.95. The summed E-state index contributed by atoms with van der Waals surface area (Å²) >= 11 is 0. The smallest absolute Gasteiger partial charge is 0.200 e. The minimum atomic E-state index is -0.527. The summed E-state index contributed by atoms with van der Waals surface area (Å²) in [5, 5.41) is 23.2. The van der Waals surface area contributed by atoms with Crippen LogP contribution in [-0.4, -0.2) is 36.6 Å². The highest BCUT2D eigenvalue weighted by atomic mass is 16.3. The molecule has 0 aromatic carbocycles. The number of likely N-dealkylation sites (N-methyl/N-ethyl adjacent to an activating group) is 1. The molecule has 0 bridgehead atoms. The Labute approximate surface area is 125 Å². The summed E-state index contributed by atoms with van der Waals surface area (Å²) in [6.45, 7) is 0.979. The molecule has 1 saturated heterocycles. The average molecular weight is 291 g/mol. The molecule has 4 aliphatic rings. The first-order valence-corrected chi connectivity index (χ1v) is 8.52. The van der Waals surface area contributed by atoms with Crippen molar-refractivity contribution in [1.82, 2.24) is 0 Å². The minimum Gasteiger partial charge on any atom is -0.848 e. The van der Waals surface area contributed by atoms with Gasteiger partial charge in [0.15, 0.2) is 5.76 Å². The van der Waals surface area contributed by atoms with Crippen LogP contribution < -0.4 is 10.0 Å². The Kier molecular flexibility index (Phi) is 3.16. The number of hydrogen-bond donors (Lipinski definition) is 2. The van der Waals surface area contributed by atoms with Crippen molar-refractivity contribution in [3.8, 4) is 0 Å². The lowest BCUT2D eigenvalue weighted by Crippen LogP contribution is -3.18. The third kappa shape index (κ3) is 1.85. The van der Waals surface area contributed by atoms with E-state index in [0.29, 0.717) is 0 Å². The average Bonchev–Trinajstić information content (AvgIpc) is 2.49. The number of carbonyl (C=O) groups excluding carboxylic acids is 1. The second kappa shape index (κ2) is 4.82. The Hall–Kier alpha value is -0.870. The zero-order valence-corrected chi connectivity index (χ0v) is 12.6. The standard InChI is InChI=1S/C17H24NO3/c1-18-7-6-9-8-12(19)17(21)14-10-4-2-3-5-11(10)16(20)15(18)13(9)14/h8-11,13-16,19H,2-7H2,1H3/q-1/p+1. The molecule has 21 heavy (non-hydrogen) atoms. The van der Waals surface area contributed by atoms with Crippen molar-refractivity contribution < 1.29 is 19.9 Å². The number of piperidine rings is 1. The van der Waals surface area contributed by atoms with Crippen LogP contribution in [-0.2, 0) is 4.79 Å². The van der Waals surface area contributed by atoms with Crippen LogP contribution in [0.4, 0.5) is 0 Å². The molecular weight excluding hydrogens is 266 g/mol. The van der Waals surface area contributed by atoms with E-state index in [2.05, 4.69) is 7.05 Å². The minimum absolute atomic E-state index is 0.0202. The van der Waals surface area contributed by atoms with Crippen LogP contribution in [0.3, 0.4) is 0 Å². The number of allylic oxidation sites excluding steroid dienone is 2. The van der Waals surface area contributed by atoms with E-state index in [1.165, 1.54) is 4.90 Å². The van der Waals surface area contributed by atoms with Crippen molar-refractivity contribution in [2.24, 2.45) is 29.6 Å². The second-order valence-corrected chi connectivity index (χ2v) is 7.67. The Bertz CT molecular complexity index is 488. The third-order valence-electron chi connectivity index (χ3n) is 6.80. The SMILES string of the molecule is C[NH+]1CCC2C=C(O)C(=O)C3C4CCCCC4C([O-])C1C23. The van der Waals surface area contributed by atoms with Crippen molar-refractivity contribution in [2.45, 2.75) is 44.2 Å². The number of aliphatic hydroxyl groups excluding tert-OH is 1. The van der Waals surface area contributed by atoms with E-state index in [4.69, 9.17) is 0 Å². The van der Waals surface area contributed by atoms with Gasteiger partial charge in [-0.25, -0.2) is 0 Å². The molecule has 1 aliphatic heterocycles. The van der Waals surface area contributed by atoms with Crippen LogP contribution in [0.5, 0.6) is 0 Å². The predicted octanol–water partition coefficient (Wildman–Crippen LogP) is -0.304. The maximum atomic E-state index is 13.1. The summed E-state index contributed by atoms with van der Waals surface area (Å²) in [4.78, 5) is 13.9. The number of fused-ring (bicyclic) bond motifs is 2. The monoisotopic (exact) mass is 291 g/mol. The van der Waals surface area contributed by atoms with Gasteiger partial charge in [0.05, 0.1) is 19.6 Å². The van der Waals surface area contributed by atoms with Gasteiger partial charge >= 0.3 is 0 Å². The molecule has 4 nitrogen and oxygen atoms in total. The summed E-state index contributed by atoms with van der Waals surface area (Å²) in [6.07, 6.45) is 6.47. The molecular formula is C17H25NO3. The van der Waals surface area contributed by atoms with Crippen LogP contribution in [0.15, 0.2) is 11.8 Å². The van der Waals surface area contributed by atoms with E-state index in [-0.39, 0.29) is 47.2 Å². The number of ketones is 1. The van der Waals surface area contributed by atoms with Crippen molar-refractivity contribution >= 4 is 5.78 Å². The number of quaternary nitrogens is 1. The van der Waals surface area contributed by atoms with Crippen molar-refractivity contribution in [1.29, 1.82) is 0 Å². The molecule has 2 saturated carbocycles. The number of hydrogen-bond acceptors (Lipinski definition) is 3. The van der Waals surface area contributed by atoms with Crippen LogP contribution in [0.2, 0.25) is 0 Å². The summed E-state index contributed by atoms with van der Waals surface area (Å²) in [5.41, 5.74) is 0. The number of likely N-dealkylation sites (tertiary alicyclic amines) is 1. The molecule has 0 amide bonds. The molecule has 0 aromatic heterocycles. The van der Waals surface area contributed by atoms with Gasteiger partial charge in [-0.15, -0.1) is 0 Å². The summed E-state index contributed by atoms with van der Waals surface area (Å²) in [5.74, 6) is 0.598. The molecule has 0 radical (unpaired) electrons. The molecule has 1 heterocycles. The van der Waals surface area contributed by atoms with Crippen LogP contribution in [0.25, 0.3) is 0 Å². The van der Waals surface area contributed by atoms with E-state index in [1.54, 1.807) is 6.08 Å². The highest BCUT2D eigenvalue weighted by Gasteiger charge is 2.58. The number of Topliss-reactive ketones (excluding diaryl/α,β-unsaturated/α-hetero) is 1. The molecule has 116 valence electrons. The fourth-order valence-corrected chi connectivity index (χ4v) is 5.95. The van der Waals surface area contributed by atoms with Crippen LogP contribution in [0, 0.1) is 29.6 Å². The maximum Gasteiger partial charge on any atom is 0.200 e. The van der Waals surface area contributed by atoms with Gasteiger partial charge in [0, 0.05) is 18.3 Å². The van der Waals surface area contributed by atoms with Gasteiger partial charge in [-0.2, -0.15) is 0 Å². The number of aliphatic hydroxyl groups is 1. The van der Waals surface area contributed by atoms with Crippen molar-refractivity contribution in [2.75, 3.05) is 13.6 Å². The van der Waals surface area contributed by atoms with Gasteiger partial charge in [-0.3, -0.25) is 4.79 Å². The first-order valence-electron chi connectivity index (χ1n) is 8.52. The Balaban J connectivity index is 1.80. The van der Waals surface area contributed by atoms with Crippen LogP contribution in [0.1, 0.15) is 32.1 Å². The number of nitrogens with one attached hydrogen (secondary N) is 1. The Morgan fingerprint density at radius 3 is 2.71 bits per heavy atom. The largest absolute Gasteiger partial charge is 0.848 e. The van der Waals surface area contributed by atoms with Gasteiger partial charge < -0.3 is 15.1 Å². The van der Waals surface area contributed by atoms with Gasteiger partial charge in [-0.1, -0.05) is 25.4 Å². The molecule has 3 aliphatic carbocycles. The Morgan fingerprint density at radius 2 is 1.95 bits per heavy atom. The van der Waals surface area contributed by atoms with Gasteiger partial charge in [0.2, 0.25) is 5.78 Å². The molecule has 8 atom stereocenters.